The summed E-state index contributed by atoms with van der Waals surface area (Å²) in [7, 11) is 1.93. The number of carbonyl (C=O) groups is 1. The molecule has 0 bridgehead atoms. The molecule has 1 saturated heterocycles. The van der Waals surface area contributed by atoms with E-state index >= 15 is 0 Å². The van der Waals surface area contributed by atoms with Crippen molar-refractivity contribution in [1.29, 1.82) is 0 Å². The number of rotatable bonds is 2. The van der Waals surface area contributed by atoms with Crippen LogP contribution in [-0.2, 0) is 9.53 Å². The molecule has 1 aliphatic carbocycles. The van der Waals surface area contributed by atoms with Gasteiger partial charge in [0.25, 0.3) is 5.91 Å². The summed E-state index contributed by atoms with van der Waals surface area (Å²) in [5.41, 5.74) is 0. The van der Waals surface area contributed by atoms with E-state index < -0.39 is 0 Å². The monoisotopic (exact) mass is 303 g/mol. The van der Waals surface area contributed by atoms with Crippen LogP contribution in [-0.4, -0.2) is 40.9 Å². The largest absolute Gasteiger partial charge is 0.365 e. The summed E-state index contributed by atoms with van der Waals surface area (Å²) in [5, 5.41) is 0. The van der Waals surface area contributed by atoms with E-state index in [0.717, 1.165) is 19.3 Å². The molecule has 4 heteroatoms. The summed E-state index contributed by atoms with van der Waals surface area (Å²) in [5.74, 6) is 0.172. The highest BCUT2D eigenvalue weighted by molar-refractivity contribution is 9.09. The summed E-state index contributed by atoms with van der Waals surface area (Å²) >= 11 is 3.71. The van der Waals surface area contributed by atoms with E-state index in [0.29, 0.717) is 10.9 Å². The van der Waals surface area contributed by atoms with Gasteiger partial charge in [-0.1, -0.05) is 28.8 Å². The van der Waals surface area contributed by atoms with Gasteiger partial charge in [-0.25, -0.2) is 0 Å². The van der Waals surface area contributed by atoms with Gasteiger partial charge in [0, 0.05) is 17.9 Å². The van der Waals surface area contributed by atoms with Crippen LogP contribution in [0.25, 0.3) is 0 Å². The van der Waals surface area contributed by atoms with Crippen LogP contribution in [0.2, 0.25) is 0 Å². The van der Waals surface area contributed by atoms with Crippen LogP contribution in [0, 0.1) is 0 Å². The lowest BCUT2D eigenvalue weighted by Gasteiger charge is -2.36. The molecule has 0 aromatic heterocycles. The first-order valence-electron chi connectivity index (χ1n) is 6.66. The summed E-state index contributed by atoms with van der Waals surface area (Å²) in [4.78, 5) is 14.7. The highest BCUT2D eigenvalue weighted by Gasteiger charge is 2.35. The van der Waals surface area contributed by atoms with Crippen molar-refractivity contribution >= 4 is 21.8 Å². The van der Waals surface area contributed by atoms with Crippen LogP contribution in [0.15, 0.2) is 0 Å². The molecule has 2 rings (SSSR count). The maximum atomic E-state index is 12.3. The quantitative estimate of drug-likeness (QED) is 0.734. The molecule has 2 aliphatic rings. The lowest BCUT2D eigenvalue weighted by molar-refractivity contribution is -0.143. The molecule has 0 aromatic carbocycles. The van der Waals surface area contributed by atoms with Crippen molar-refractivity contribution in [3.63, 3.8) is 0 Å². The predicted molar refractivity (Wildman–Crippen MR) is 71.3 cm³/mol. The fourth-order valence-electron chi connectivity index (χ4n) is 2.88. The molecule has 1 aliphatic heterocycles. The number of halogens is 1. The van der Waals surface area contributed by atoms with Crippen molar-refractivity contribution in [3.05, 3.63) is 0 Å². The molecule has 0 spiro atoms. The van der Waals surface area contributed by atoms with E-state index in [-0.39, 0.29) is 18.1 Å². The predicted octanol–water partition coefficient (Wildman–Crippen LogP) is 2.72. The molecular weight excluding hydrogens is 282 g/mol. The first-order chi connectivity index (χ1) is 8.09. The average Bonchev–Trinajstić information content (AvgIpc) is 2.75. The first-order valence-corrected chi connectivity index (χ1v) is 7.57. The van der Waals surface area contributed by atoms with E-state index in [9.17, 15) is 4.79 Å². The Morgan fingerprint density at radius 2 is 1.94 bits per heavy atom. The lowest BCUT2D eigenvalue weighted by atomic mass is 9.94. The fourth-order valence-corrected chi connectivity index (χ4v) is 3.82. The number of carbonyl (C=O) groups excluding carboxylic acids is 1. The Labute approximate surface area is 112 Å². The van der Waals surface area contributed by atoms with Gasteiger partial charge >= 0.3 is 0 Å². The second-order valence-electron chi connectivity index (χ2n) is 5.33. The minimum atomic E-state index is -0.198. The van der Waals surface area contributed by atoms with Crippen molar-refractivity contribution in [2.24, 2.45) is 0 Å². The van der Waals surface area contributed by atoms with Gasteiger partial charge in [-0.3, -0.25) is 4.79 Å². The zero-order valence-corrected chi connectivity index (χ0v) is 12.3. The molecule has 2 fully saturated rings. The number of nitrogens with zero attached hydrogens (tertiary/aromatic N) is 1. The lowest BCUT2D eigenvalue weighted by Crippen LogP contribution is -2.47. The van der Waals surface area contributed by atoms with Crippen molar-refractivity contribution < 1.29 is 9.53 Å². The van der Waals surface area contributed by atoms with Crippen molar-refractivity contribution in [2.45, 2.75) is 68.5 Å². The Hall–Kier alpha value is -0.0900. The number of ether oxygens (including phenoxy) is 1. The van der Waals surface area contributed by atoms with E-state index in [1.54, 1.807) is 0 Å². The standard InChI is InChI=1S/C13H22BrNO2/c1-9-7-8-12(17-9)13(16)15(2)11-6-4-3-5-10(11)14/h9-12H,3-8H2,1-2H3. The molecule has 1 saturated carbocycles. The van der Waals surface area contributed by atoms with Crippen LogP contribution in [0.4, 0.5) is 0 Å². The van der Waals surface area contributed by atoms with Crippen molar-refractivity contribution in [2.75, 3.05) is 7.05 Å². The minimum Gasteiger partial charge on any atom is -0.365 e. The van der Waals surface area contributed by atoms with E-state index in [1.165, 1.54) is 19.3 Å². The third kappa shape index (κ3) is 3.02. The van der Waals surface area contributed by atoms with Crippen LogP contribution in [0.3, 0.4) is 0 Å². The molecule has 0 aromatic rings. The third-order valence-corrected chi connectivity index (χ3v) is 5.07. The van der Waals surface area contributed by atoms with E-state index in [2.05, 4.69) is 15.9 Å². The zero-order valence-electron chi connectivity index (χ0n) is 10.7. The van der Waals surface area contributed by atoms with Crippen LogP contribution < -0.4 is 0 Å². The Bertz CT molecular complexity index is 285. The summed E-state index contributed by atoms with van der Waals surface area (Å²) in [6, 6.07) is 0.343. The van der Waals surface area contributed by atoms with Crippen molar-refractivity contribution in [1.82, 2.24) is 4.90 Å². The number of hydrogen-bond donors (Lipinski definition) is 0. The molecule has 0 N–H and O–H groups in total. The van der Waals surface area contributed by atoms with Gasteiger partial charge in [0.2, 0.25) is 0 Å². The van der Waals surface area contributed by atoms with Gasteiger partial charge in [-0.15, -0.1) is 0 Å². The molecule has 1 amide bonds. The Morgan fingerprint density at radius 1 is 1.24 bits per heavy atom. The molecule has 98 valence electrons. The maximum absolute atomic E-state index is 12.3. The van der Waals surface area contributed by atoms with E-state index in [4.69, 9.17) is 4.74 Å². The van der Waals surface area contributed by atoms with E-state index in [1.807, 2.05) is 18.9 Å². The maximum Gasteiger partial charge on any atom is 0.251 e. The fraction of sp³-hybridized carbons (Fsp3) is 0.923. The summed E-state index contributed by atoms with van der Waals surface area (Å²) in [6.45, 7) is 2.04. The number of hydrogen-bond acceptors (Lipinski definition) is 2. The van der Waals surface area contributed by atoms with Crippen LogP contribution >= 0.6 is 15.9 Å². The van der Waals surface area contributed by atoms with Gasteiger partial charge < -0.3 is 9.64 Å². The second kappa shape index (κ2) is 5.70. The number of likely N-dealkylation sites (N-methyl/N-ethyl adjacent to an activating group) is 1. The Kier molecular flexibility index (Phi) is 4.47. The van der Waals surface area contributed by atoms with Gasteiger partial charge in [0.1, 0.15) is 6.10 Å². The molecule has 3 nitrogen and oxygen atoms in total. The van der Waals surface area contributed by atoms with Crippen LogP contribution in [0.1, 0.15) is 45.4 Å². The molecular formula is C13H22BrNO2. The number of alkyl halides is 1. The van der Waals surface area contributed by atoms with Gasteiger partial charge in [0.15, 0.2) is 0 Å². The first kappa shape index (κ1) is 13.3. The highest BCUT2D eigenvalue weighted by atomic mass is 79.9. The SMILES string of the molecule is CC1CCC(C(=O)N(C)C2CCCCC2Br)O1. The molecule has 17 heavy (non-hydrogen) atoms. The summed E-state index contributed by atoms with van der Waals surface area (Å²) < 4.78 is 5.66. The molecule has 0 radical (unpaired) electrons. The third-order valence-electron chi connectivity index (χ3n) is 4.00. The second-order valence-corrected chi connectivity index (χ2v) is 6.51. The Balaban J connectivity index is 1.94. The van der Waals surface area contributed by atoms with Gasteiger partial charge in [-0.05, 0) is 32.6 Å². The summed E-state index contributed by atoms with van der Waals surface area (Å²) in [6.07, 6.45) is 6.71. The highest BCUT2D eigenvalue weighted by Crippen LogP contribution is 2.29. The molecule has 4 atom stereocenters. The minimum absolute atomic E-state index is 0.172. The molecule has 4 unspecified atom stereocenters. The zero-order chi connectivity index (χ0) is 12.4. The number of amides is 1. The smallest absolute Gasteiger partial charge is 0.251 e. The normalized spacial score (nSPS) is 38.1. The van der Waals surface area contributed by atoms with Gasteiger partial charge in [-0.2, -0.15) is 0 Å². The average molecular weight is 304 g/mol. The molecule has 1 heterocycles. The van der Waals surface area contributed by atoms with Crippen molar-refractivity contribution in [3.8, 4) is 0 Å². The Morgan fingerprint density at radius 3 is 2.53 bits per heavy atom. The van der Waals surface area contributed by atoms with Gasteiger partial charge in [0.05, 0.1) is 6.10 Å². The van der Waals surface area contributed by atoms with Crippen LogP contribution in [0.5, 0.6) is 0 Å². The topological polar surface area (TPSA) is 29.5 Å².